The van der Waals surface area contributed by atoms with E-state index in [1.165, 1.54) is 11.0 Å². The standard InChI is InChI=1S/C42H34BrNO6/c43-27-15-17-28(18-16-27)44-40(48)31-20-19-29-33(37(31)41(44)49)23-34-39(47)32(25-9-3-1-4-10-25)24-36(46)42(34,26-11-5-2-6-12-26)38(29)30-13-7-8-14-35(30)50-22-21-45/h1-19,24,31,33-34,37-38,45H,20-23H2/t31-,33+,34-,37-,38+,42-/m0/s1. The summed E-state index contributed by atoms with van der Waals surface area (Å²) >= 11 is 3.45. The van der Waals surface area contributed by atoms with Gasteiger partial charge in [0.05, 0.1) is 29.5 Å². The van der Waals surface area contributed by atoms with Crippen molar-refractivity contribution in [3.8, 4) is 5.75 Å². The molecule has 1 aliphatic heterocycles. The van der Waals surface area contributed by atoms with Gasteiger partial charge in [-0.15, -0.1) is 0 Å². The number of aliphatic hydroxyl groups excluding tert-OH is 1. The lowest BCUT2D eigenvalue weighted by Gasteiger charge is -2.55. The highest BCUT2D eigenvalue weighted by molar-refractivity contribution is 9.10. The summed E-state index contributed by atoms with van der Waals surface area (Å²) in [6, 6.07) is 33.3. The van der Waals surface area contributed by atoms with Crippen LogP contribution >= 0.6 is 15.9 Å². The molecule has 50 heavy (non-hydrogen) atoms. The second-order valence-corrected chi connectivity index (χ2v) is 14.3. The molecule has 4 aromatic rings. The topological polar surface area (TPSA) is 101 Å². The molecular formula is C42H34BrNO6. The first kappa shape index (κ1) is 32.3. The number of hydrogen-bond acceptors (Lipinski definition) is 6. The summed E-state index contributed by atoms with van der Waals surface area (Å²) in [5.41, 5.74) is 2.42. The Morgan fingerprint density at radius 1 is 0.800 bits per heavy atom. The van der Waals surface area contributed by atoms with E-state index in [1.54, 1.807) is 24.3 Å². The number of benzene rings is 4. The lowest BCUT2D eigenvalue weighted by Crippen LogP contribution is -2.58. The molecule has 0 radical (unpaired) electrons. The molecule has 0 unspecified atom stereocenters. The maximum Gasteiger partial charge on any atom is 0.238 e. The van der Waals surface area contributed by atoms with Crippen LogP contribution in [0.4, 0.5) is 5.69 Å². The van der Waals surface area contributed by atoms with Crippen molar-refractivity contribution in [1.29, 1.82) is 0 Å². The number of allylic oxidation sites excluding steroid dienone is 4. The van der Waals surface area contributed by atoms with E-state index in [0.717, 1.165) is 10.0 Å². The van der Waals surface area contributed by atoms with Crippen molar-refractivity contribution in [1.82, 2.24) is 0 Å². The number of rotatable bonds is 7. The molecule has 2 fully saturated rings. The third-order valence-electron chi connectivity index (χ3n) is 11.0. The quantitative estimate of drug-likeness (QED) is 0.165. The number of fused-ring (bicyclic) bond motifs is 4. The zero-order chi connectivity index (χ0) is 34.6. The number of anilines is 1. The monoisotopic (exact) mass is 727 g/mol. The van der Waals surface area contributed by atoms with Crippen LogP contribution in [0.15, 0.2) is 131 Å². The molecule has 0 spiro atoms. The van der Waals surface area contributed by atoms with Gasteiger partial charge in [-0.05, 0) is 66.3 Å². The van der Waals surface area contributed by atoms with Gasteiger partial charge in [-0.3, -0.25) is 24.1 Å². The number of Topliss-reactive ketones (excluding diaryl/α,β-unsaturated/α-hetero) is 1. The normalized spacial score (nSPS) is 27.2. The van der Waals surface area contributed by atoms with Crippen LogP contribution in [0.1, 0.15) is 35.4 Å². The van der Waals surface area contributed by atoms with E-state index in [0.29, 0.717) is 40.1 Å². The summed E-state index contributed by atoms with van der Waals surface area (Å²) in [5, 5.41) is 9.72. The number of carbonyl (C=O) groups is 4. The molecule has 8 heteroatoms. The number of para-hydroxylation sites is 1. The lowest BCUT2D eigenvalue weighted by molar-refractivity contribution is -0.135. The predicted molar refractivity (Wildman–Crippen MR) is 192 cm³/mol. The minimum atomic E-state index is -1.36. The van der Waals surface area contributed by atoms with Gasteiger partial charge < -0.3 is 9.84 Å². The number of carbonyl (C=O) groups excluding carboxylic acids is 4. The van der Waals surface area contributed by atoms with E-state index in [9.17, 15) is 14.7 Å². The van der Waals surface area contributed by atoms with Crippen LogP contribution in [0.2, 0.25) is 0 Å². The van der Waals surface area contributed by atoms with Crippen LogP contribution in [-0.4, -0.2) is 41.7 Å². The van der Waals surface area contributed by atoms with Crippen LogP contribution in [-0.2, 0) is 24.6 Å². The van der Waals surface area contributed by atoms with Gasteiger partial charge in [-0.2, -0.15) is 0 Å². The molecule has 7 nitrogen and oxygen atoms in total. The molecule has 1 N–H and O–H groups in total. The number of hydrogen-bond donors (Lipinski definition) is 1. The van der Waals surface area contributed by atoms with Crippen LogP contribution in [0.25, 0.3) is 5.57 Å². The molecule has 2 amide bonds. The van der Waals surface area contributed by atoms with Gasteiger partial charge in [-0.1, -0.05) is 106 Å². The Hall–Kier alpha value is -4.92. The summed E-state index contributed by atoms with van der Waals surface area (Å²) in [7, 11) is 0. The minimum Gasteiger partial charge on any atom is -0.491 e. The number of imide groups is 1. The zero-order valence-corrected chi connectivity index (χ0v) is 28.7. The zero-order valence-electron chi connectivity index (χ0n) is 27.1. The van der Waals surface area contributed by atoms with Gasteiger partial charge in [0, 0.05) is 27.4 Å². The van der Waals surface area contributed by atoms with E-state index in [4.69, 9.17) is 4.74 Å². The molecule has 1 saturated carbocycles. The van der Waals surface area contributed by atoms with E-state index >= 15 is 9.59 Å². The van der Waals surface area contributed by atoms with Crippen molar-refractivity contribution in [2.75, 3.05) is 18.1 Å². The molecular weight excluding hydrogens is 694 g/mol. The fraction of sp³-hybridized carbons (Fsp3) is 0.238. The van der Waals surface area contributed by atoms with Gasteiger partial charge in [0.2, 0.25) is 11.8 Å². The Morgan fingerprint density at radius 3 is 2.20 bits per heavy atom. The van der Waals surface area contributed by atoms with Crippen molar-refractivity contribution < 1.29 is 29.0 Å². The summed E-state index contributed by atoms with van der Waals surface area (Å²) in [5.74, 6) is -3.74. The van der Waals surface area contributed by atoms with Crippen molar-refractivity contribution in [2.45, 2.75) is 24.2 Å². The lowest BCUT2D eigenvalue weighted by atomic mass is 9.44. The highest BCUT2D eigenvalue weighted by Gasteiger charge is 2.66. The number of ether oxygens (including phenoxy) is 1. The van der Waals surface area contributed by atoms with Crippen LogP contribution in [0.3, 0.4) is 0 Å². The molecule has 4 aliphatic rings. The van der Waals surface area contributed by atoms with Gasteiger partial charge in [-0.25, -0.2) is 0 Å². The molecule has 8 rings (SSSR count). The fourth-order valence-electron chi connectivity index (χ4n) is 9.07. The minimum absolute atomic E-state index is 0.0404. The Bertz CT molecular complexity index is 2070. The Kier molecular flexibility index (Phi) is 8.24. The maximum atomic E-state index is 15.2. The Morgan fingerprint density at radius 2 is 1.48 bits per heavy atom. The molecule has 250 valence electrons. The van der Waals surface area contributed by atoms with E-state index in [2.05, 4.69) is 15.9 Å². The van der Waals surface area contributed by atoms with Crippen LogP contribution < -0.4 is 9.64 Å². The van der Waals surface area contributed by atoms with Gasteiger partial charge in [0.25, 0.3) is 0 Å². The third kappa shape index (κ3) is 4.88. The molecule has 3 aliphatic carbocycles. The number of ketones is 2. The molecule has 1 saturated heterocycles. The SMILES string of the molecule is O=C1C(c2ccccc2)=CC(=O)[C@@]2(c3ccccc3)[C@@H](c3ccccc3OCCO)C3=CC[C@@H]4C(=O)N(c5ccc(Br)cc5)C(=O)[C@@H]4[C@@H]3C[C@@H]12. The summed E-state index contributed by atoms with van der Waals surface area (Å²) in [6.07, 6.45) is 4.11. The molecule has 0 aromatic heterocycles. The first-order chi connectivity index (χ1) is 24.4. The summed E-state index contributed by atoms with van der Waals surface area (Å²) in [4.78, 5) is 60.2. The molecule has 0 bridgehead atoms. The Labute approximate surface area is 298 Å². The van der Waals surface area contributed by atoms with Crippen molar-refractivity contribution in [3.05, 3.63) is 148 Å². The number of halogens is 1. The van der Waals surface area contributed by atoms with Gasteiger partial charge >= 0.3 is 0 Å². The van der Waals surface area contributed by atoms with Gasteiger partial charge in [0.15, 0.2) is 11.6 Å². The molecule has 4 aromatic carbocycles. The number of amides is 2. The Balaban J connectivity index is 1.36. The second kappa shape index (κ2) is 12.8. The summed E-state index contributed by atoms with van der Waals surface area (Å²) < 4.78 is 6.95. The predicted octanol–water partition coefficient (Wildman–Crippen LogP) is 6.85. The highest BCUT2D eigenvalue weighted by Crippen LogP contribution is 2.64. The van der Waals surface area contributed by atoms with Crippen molar-refractivity contribution in [2.24, 2.45) is 23.7 Å². The first-order valence-corrected chi connectivity index (χ1v) is 17.7. The first-order valence-electron chi connectivity index (χ1n) is 16.9. The van der Waals surface area contributed by atoms with Crippen molar-refractivity contribution >= 4 is 50.6 Å². The molecule has 6 atom stereocenters. The van der Waals surface area contributed by atoms with E-state index in [-0.39, 0.29) is 43.0 Å². The van der Waals surface area contributed by atoms with Crippen LogP contribution in [0, 0.1) is 23.7 Å². The summed E-state index contributed by atoms with van der Waals surface area (Å²) in [6.45, 7) is -0.164. The van der Waals surface area contributed by atoms with Gasteiger partial charge in [0.1, 0.15) is 12.4 Å². The average molecular weight is 729 g/mol. The van der Waals surface area contributed by atoms with Crippen LogP contribution in [0.5, 0.6) is 5.75 Å². The second-order valence-electron chi connectivity index (χ2n) is 13.4. The molecule has 1 heterocycles. The highest BCUT2D eigenvalue weighted by atomic mass is 79.9. The van der Waals surface area contributed by atoms with E-state index < -0.39 is 35.0 Å². The fourth-order valence-corrected chi connectivity index (χ4v) is 9.33. The number of aliphatic hydroxyl groups is 1. The maximum absolute atomic E-state index is 15.2. The average Bonchev–Trinajstić information content (AvgIpc) is 3.41. The smallest absolute Gasteiger partial charge is 0.238 e. The van der Waals surface area contributed by atoms with Crippen molar-refractivity contribution in [3.63, 3.8) is 0 Å². The van der Waals surface area contributed by atoms with E-state index in [1.807, 2.05) is 91.0 Å². The largest absolute Gasteiger partial charge is 0.491 e. The number of nitrogens with zero attached hydrogens (tertiary/aromatic N) is 1. The third-order valence-corrected chi connectivity index (χ3v) is 11.6.